The number of ether oxygens (including phenoxy) is 2. The quantitative estimate of drug-likeness (QED) is 0.0647. The van der Waals surface area contributed by atoms with E-state index >= 15 is 0 Å². The second-order valence-electron chi connectivity index (χ2n) is 8.71. The Kier molecular flexibility index (Phi) is 13.0. The maximum Gasteiger partial charge on any atom is 0.347 e. The first kappa shape index (κ1) is 29.8. The summed E-state index contributed by atoms with van der Waals surface area (Å²) < 4.78 is 9.81. The molecule has 2 rings (SSSR count). The van der Waals surface area contributed by atoms with Gasteiger partial charge in [-0.3, -0.25) is 4.90 Å². The Hall–Kier alpha value is -2.40. The molecule has 0 N–H and O–H groups in total. The fraction of sp³-hybridized carbons (Fsp3) is 0.577. The Morgan fingerprint density at radius 1 is 1.14 bits per heavy atom. The van der Waals surface area contributed by atoms with Crippen molar-refractivity contribution in [1.82, 2.24) is 4.90 Å². The number of hydrogen-bond donors (Lipinski definition) is 0. The van der Waals surface area contributed by atoms with Crippen molar-refractivity contribution in [3.05, 3.63) is 42.5 Å². The Morgan fingerprint density at radius 2 is 1.81 bits per heavy atom. The lowest BCUT2D eigenvalue weighted by atomic mass is 9.87. The van der Waals surface area contributed by atoms with Gasteiger partial charge < -0.3 is 14.3 Å². The molecule has 0 unspecified atom stereocenters. The lowest BCUT2D eigenvalue weighted by Gasteiger charge is -2.43. The lowest BCUT2D eigenvalue weighted by molar-refractivity contribution is -0.299. The summed E-state index contributed by atoms with van der Waals surface area (Å²) in [5.41, 5.74) is 1.20. The highest BCUT2D eigenvalue weighted by Gasteiger charge is 2.36. The van der Waals surface area contributed by atoms with Crippen molar-refractivity contribution in [2.75, 3.05) is 52.4 Å². The SMILES string of the molecule is C=CC(=O)OCCOC(=O)CON=C(c1ccc(SC)cc1)C(C)(C)N1CCC(COOCC)CC1. The average Bonchev–Trinajstić information content (AvgIpc) is 2.89. The van der Waals surface area contributed by atoms with Crippen LogP contribution in [0.5, 0.6) is 0 Å². The van der Waals surface area contributed by atoms with Crippen LogP contribution in [-0.2, 0) is 33.7 Å². The van der Waals surface area contributed by atoms with Gasteiger partial charge in [0.05, 0.1) is 18.8 Å². The predicted octanol–water partition coefficient (Wildman–Crippen LogP) is 3.86. The molecule has 0 bridgehead atoms. The second-order valence-corrected chi connectivity index (χ2v) is 9.59. The summed E-state index contributed by atoms with van der Waals surface area (Å²) in [4.78, 5) is 42.4. The van der Waals surface area contributed by atoms with Crippen LogP contribution in [-0.4, -0.2) is 80.5 Å². The van der Waals surface area contributed by atoms with E-state index in [0.29, 0.717) is 19.1 Å². The van der Waals surface area contributed by atoms with Crippen LogP contribution in [0, 0.1) is 5.92 Å². The minimum absolute atomic E-state index is 0.0501. The molecule has 0 atom stereocenters. The molecule has 0 spiro atoms. The van der Waals surface area contributed by atoms with Gasteiger partial charge in [0, 0.05) is 16.5 Å². The normalized spacial score (nSPS) is 15.4. The molecule has 9 nitrogen and oxygen atoms in total. The molecule has 0 aromatic heterocycles. The standard InChI is InChI=1S/C26H38N2O7S/c1-6-23(29)31-16-17-32-24(30)19-33-27-25(21-8-10-22(36-5)11-9-21)26(3,4)28-14-12-20(13-15-28)18-35-34-7-2/h6,8-11,20H,1,7,12-19H2,2-5H3. The van der Waals surface area contributed by atoms with Gasteiger partial charge in [-0.1, -0.05) is 23.9 Å². The van der Waals surface area contributed by atoms with Crippen LogP contribution >= 0.6 is 11.8 Å². The third-order valence-corrected chi connectivity index (χ3v) is 6.69. The molecular formula is C26H38N2O7S. The van der Waals surface area contributed by atoms with Crippen LogP contribution in [0.25, 0.3) is 0 Å². The van der Waals surface area contributed by atoms with Crippen molar-refractivity contribution < 1.29 is 33.7 Å². The highest BCUT2D eigenvalue weighted by Crippen LogP contribution is 2.29. The molecule has 1 aliphatic heterocycles. The zero-order chi connectivity index (χ0) is 26.4. The van der Waals surface area contributed by atoms with Gasteiger partial charge in [0.25, 0.3) is 0 Å². The van der Waals surface area contributed by atoms with E-state index in [1.807, 2.05) is 37.4 Å². The van der Waals surface area contributed by atoms with Crippen molar-refractivity contribution in [2.45, 2.75) is 44.0 Å². The highest BCUT2D eigenvalue weighted by atomic mass is 32.2. The van der Waals surface area contributed by atoms with Crippen LogP contribution in [0.4, 0.5) is 0 Å². The summed E-state index contributed by atoms with van der Waals surface area (Å²) in [6, 6.07) is 8.12. The molecule has 0 aliphatic carbocycles. The molecule has 36 heavy (non-hydrogen) atoms. The van der Waals surface area contributed by atoms with E-state index in [4.69, 9.17) is 24.1 Å². The van der Waals surface area contributed by atoms with Crippen LogP contribution in [0.2, 0.25) is 0 Å². The zero-order valence-electron chi connectivity index (χ0n) is 21.7. The van der Waals surface area contributed by atoms with Crippen molar-refractivity contribution >= 4 is 29.4 Å². The van der Waals surface area contributed by atoms with Crippen molar-refractivity contribution in [3.63, 3.8) is 0 Å². The largest absolute Gasteiger partial charge is 0.459 e. The number of thioether (sulfide) groups is 1. The van der Waals surface area contributed by atoms with Crippen LogP contribution in [0.1, 0.15) is 39.2 Å². The molecule has 1 heterocycles. The molecule has 200 valence electrons. The number of oxime groups is 1. The molecule has 10 heteroatoms. The van der Waals surface area contributed by atoms with Crippen LogP contribution in [0.15, 0.2) is 47.0 Å². The lowest BCUT2D eigenvalue weighted by Crippen LogP contribution is -2.53. The van der Waals surface area contributed by atoms with E-state index in [1.54, 1.807) is 11.8 Å². The zero-order valence-corrected chi connectivity index (χ0v) is 22.5. The number of rotatable bonds is 15. The monoisotopic (exact) mass is 522 g/mol. The number of carbonyl (C=O) groups excluding carboxylic acids is 2. The van der Waals surface area contributed by atoms with Gasteiger partial charge in [0.15, 0.2) is 0 Å². The number of likely N-dealkylation sites (tertiary alicyclic amines) is 1. The summed E-state index contributed by atoms with van der Waals surface area (Å²) in [5.74, 6) is -0.725. The summed E-state index contributed by atoms with van der Waals surface area (Å²) in [6.45, 7) is 11.8. The molecule has 1 aliphatic rings. The number of benzene rings is 1. The summed E-state index contributed by atoms with van der Waals surface area (Å²) >= 11 is 1.67. The first-order valence-electron chi connectivity index (χ1n) is 12.1. The van der Waals surface area contributed by atoms with Gasteiger partial charge in [-0.25, -0.2) is 19.4 Å². The first-order chi connectivity index (χ1) is 17.3. The van der Waals surface area contributed by atoms with E-state index in [9.17, 15) is 9.59 Å². The second kappa shape index (κ2) is 15.7. The number of hydrogen-bond acceptors (Lipinski definition) is 10. The fourth-order valence-corrected chi connectivity index (χ4v) is 4.26. The maximum atomic E-state index is 12.0. The first-order valence-corrected chi connectivity index (χ1v) is 13.3. The number of esters is 2. The van der Waals surface area contributed by atoms with Gasteiger partial charge in [-0.15, -0.1) is 11.8 Å². The minimum atomic E-state index is -0.599. The number of nitrogens with zero attached hydrogens (tertiary/aromatic N) is 2. The van der Waals surface area contributed by atoms with Gasteiger partial charge in [0.1, 0.15) is 18.9 Å². The van der Waals surface area contributed by atoms with Gasteiger partial charge in [-0.05, 0) is 71.0 Å². The third kappa shape index (κ3) is 9.57. The maximum absolute atomic E-state index is 12.0. The molecule has 1 fully saturated rings. The molecule has 0 saturated carbocycles. The Labute approximate surface area is 218 Å². The van der Waals surface area contributed by atoms with E-state index in [-0.39, 0.29) is 19.8 Å². The minimum Gasteiger partial charge on any atom is -0.459 e. The van der Waals surface area contributed by atoms with E-state index < -0.39 is 17.5 Å². The summed E-state index contributed by atoms with van der Waals surface area (Å²) in [7, 11) is 0. The highest BCUT2D eigenvalue weighted by molar-refractivity contribution is 7.98. The van der Waals surface area contributed by atoms with Crippen LogP contribution in [0.3, 0.4) is 0 Å². The predicted molar refractivity (Wildman–Crippen MR) is 139 cm³/mol. The van der Waals surface area contributed by atoms with Crippen molar-refractivity contribution in [3.8, 4) is 0 Å². The molecule has 1 aromatic rings. The Bertz CT molecular complexity index is 866. The molecule has 0 radical (unpaired) electrons. The number of carbonyl (C=O) groups is 2. The molecular weight excluding hydrogens is 484 g/mol. The summed E-state index contributed by atoms with van der Waals surface area (Å²) in [5, 5.41) is 4.41. The van der Waals surface area contributed by atoms with Gasteiger partial charge >= 0.3 is 11.9 Å². The molecule has 1 saturated heterocycles. The fourth-order valence-electron chi connectivity index (χ4n) is 3.85. The van der Waals surface area contributed by atoms with Crippen LogP contribution < -0.4 is 0 Å². The third-order valence-electron chi connectivity index (χ3n) is 5.95. The average molecular weight is 523 g/mol. The molecule has 0 amide bonds. The van der Waals surface area contributed by atoms with Crippen molar-refractivity contribution in [2.24, 2.45) is 11.1 Å². The van der Waals surface area contributed by atoms with E-state index in [0.717, 1.165) is 48.2 Å². The topological polar surface area (TPSA) is 95.9 Å². The van der Waals surface area contributed by atoms with Crippen molar-refractivity contribution in [1.29, 1.82) is 0 Å². The number of piperidine rings is 1. The smallest absolute Gasteiger partial charge is 0.347 e. The van der Waals surface area contributed by atoms with E-state index in [2.05, 4.69) is 30.5 Å². The molecule has 1 aromatic carbocycles. The van der Waals surface area contributed by atoms with E-state index in [1.165, 1.54) is 0 Å². The Balaban J connectivity index is 2.04. The van der Waals surface area contributed by atoms with Gasteiger partial charge in [-0.2, -0.15) is 0 Å². The summed E-state index contributed by atoms with van der Waals surface area (Å²) in [6.07, 6.45) is 5.05. The van der Waals surface area contributed by atoms with Gasteiger partial charge in [0.2, 0.25) is 6.61 Å². The Morgan fingerprint density at radius 3 is 2.42 bits per heavy atom.